The van der Waals surface area contributed by atoms with E-state index in [0.29, 0.717) is 6.54 Å². The molecule has 0 bridgehead atoms. The fourth-order valence-electron chi connectivity index (χ4n) is 1.50. The third-order valence-electron chi connectivity index (χ3n) is 2.35. The molecular weight excluding hydrogens is 266 g/mol. The average molecular weight is 277 g/mol. The first-order valence-electron chi connectivity index (χ1n) is 5.45. The maximum Gasteiger partial charge on any atom is 0.338 e. The highest BCUT2D eigenvalue weighted by Gasteiger charge is 2.17. The molecule has 0 fully saturated rings. The molecule has 0 atom stereocenters. The van der Waals surface area contributed by atoms with Crippen molar-refractivity contribution in [2.45, 2.75) is 13.5 Å². The molecule has 2 aromatic rings. The molecule has 2 rings (SSSR count). The number of nitrogens with one attached hydrogen (secondary N) is 1. The minimum absolute atomic E-state index is 0.0868. The van der Waals surface area contributed by atoms with Gasteiger partial charge in [-0.3, -0.25) is 9.78 Å². The fraction of sp³-hybridized carbons (Fsp3) is 0.167. The van der Waals surface area contributed by atoms with Gasteiger partial charge in [-0.2, -0.15) is 0 Å². The Morgan fingerprint density at radius 1 is 1.42 bits per heavy atom. The number of hydrogen-bond acceptors (Lipinski definition) is 5. The molecule has 19 heavy (non-hydrogen) atoms. The van der Waals surface area contributed by atoms with Crippen molar-refractivity contribution in [1.82, 2.24) is 15.3 Å². The first-order chi connectivity index (χ1) is 9.08. The van der Waals surface area contributed by atoms with E-state index in [-0.39, 0.29) is 11.3 Å². The highest BCUT2D eigenvalue weighted by atomic mass is 32.1. The van der Waals surface area contributed by atoms with Crippen LogP contribution in [0, 0.1) is 6.92 Å². The maximum atomic E-state index is 11.9. The van der Waals surface area contributed by atoms with Crippen molar-refractivity contribution in [3.63, 3.8) is 0 Å². The lowest BCUT2D eigenvalue weighted by Crippen LogP contribution is -2.25. The number of aromatic nitrogens is 2. The van der Waals surface area contributed by atoms with Crippen LogP contribution in [-0.4, -0.2) is 27.0 Å². The molecule has 0 saturated carbocycles. The molecule has 0 aromatic carbocycles. The third-order valence-corrected chi connectivity index (χ3v) is 3.26. The first-order valence-corrected chi connectivity index (χ1v) is 6.27. The predicted molar refractivity (Wildman–Crippen MR) is 69.2 cm³/mol. The number of carbonyl (C=O) groups is 2. The highest BCUT2D eigenvalue weighted by Crippen LogP contribution is 2.11. The average Bonchev–Trinajstić information content (AvgIpc) is 2.81. The Labute approximate surface area is 113 Å². The van der Waals surface area contributed by atoms with E-state index in [1.807, 2.05) is 6.92 Å². The van der Waals surface area contributed by atoms with E-state index in [4.69, 9.17) is 5.11 Å². The second-order valence-corrected chi connectivity index (χ2v) is 5.05. The summed E-state index contributed by atoms with van der Waals surface area (Å²) in [5.74, 6) is -1.68. The van der Waals surface area contributed by atoms with Gasteiger partial charge < -0.3 is 10.4 Å². The van der Waals surface area contributed by atoms with E-state index in [1.165, 1.54) is 29.7 Å². The van der Waals surface area contributed by atoms with Crippen molar-refractivity contribution in [2.24, 2.45) is 0 Å². The zero-order valence-electron chi connectivity index (χ0n) is 10.1. The van der Waals surface area contributed by atoms with Gasteiger partial charge in [0.05, 0.1) is 17.1 Å². The Bertz CT molecular complexity index is 624. The third kappa shape index (κ3) is 3.14. The van der Waals surface area contributed by atoms with E-state index in [0.717, 1.165) is 9.88 Å². The van der Waals surface area contributed by atoms with E-state index in [1.54, 1.807) is 6.20 Å². The van der Waals surface area contributed by atoms with Gasteiger partial charge in [0.25, 0.3) is 5.91 Å². The summed E-state index contributed by atoms with van der Waals surface area (Å²) in [5.41, 5.74) is -0.197. The maximum absolute atomic E-state index is 11.9. The summed E-state index contributed by atoms with van der Waals surface area (Å²) >= 11 is 1.47. The van der Waals surface area contributed by atoms with Gasteiger partial charge in [0.1, 0.15) is 5.69 Å². The largest absolute Gasteiger partial charge is 0.478 e. The van der Waals surface area contributed by atoms with Crippen LogP contribution >= 0.6 is 11.3 Å². The number of pyridine rings is 1. The van der Waals surface area contributed by atoms with Crippen LogP contribution in [0.15, 0.2) is 24.5 Å². The number of amides is 1. The number of hydrogen-bond donors (Lipinski definition) is 2. The van der Waals surface area contributed by atoms with Crippen molar-refractivity contribution in [3.8, 4) is 0 Å². The van der Waals surface area contributed by atoms with Crippen LogP contribution < -0.4 is 5.32 Å². The van der Waals surface area contributed by atoms with Gasteiger partial charge in [0.2, 0.25) is 0 Å². The molecule has 0 spiro atoms. The van der Waals surface area contributed by atoms with Gasteiger partial charge in [-0.15, -0.1) is 11.3 Å². The van der Waals surface area contributed by atoms with Crippen LogP contribution in [0.4, 0.5) is 0 Å². The molecule has 0 aliphatic rings. The van der Waals surface area contributed by atoms with Crippen LogP contribution in [0.1, 0.15) is 30.7 Å². The quantitative estimate of drug-likeness (QED) is 0.883. The van der Waals surface area contributed by atoms with Crippen molar-refractivity contribution in [3.05, 3.63) is 45.7 Å². The molecule has 0 unspecified atom stereocenters. The van der Waals surface area contributed by atoms with E-state index in [2.05, 4.69) is 15.3 Å². The molecule has 6 nitrogen and oxygen atoms in total. The fourth-order valence-corrected chi connectivity index (χ4v) is 2.23. The molecular formula is C12H11N3O3S. The van der Waals surface area contributed by atoms with Gasteiger partial charge in [-0.05, 0) is 19.1 Å². The number of carboxylic acid groups (broad SMARTS) is 1. The summed E-state index contributed by atoms with van der Waals surface area (Å²) < 4.78 is 0. The Morgan fingerprint density at radius 3 is 2.84 bits per heavy atom. The number of carbonyl (C=O) groups excluding carboxylic acids is 1. The summed E-state index contributed by atoms with van der Waals surface area (Å²) in [6.07, 6.45) is 3.06. The zero-order valence-corrected chi connectivity index (χ0v) is 10.9. The minimum Gasteiger partial charge on any atom is -0.478 e. The zero-order chi connectivity index (χ0) is 13.8. The number of nitrogens with zero attached hydrogens (tertiary/aromatic N) is 2. The molecule has 0 aliphatic carbocycles. The SMILES string of the molecule is Cc1ncc(CNC(=O)c2ncccc2C(=O)O)s1. The molecule has 2 N–H and O–H groups in total. The summed E-state index contributed by atoms with van der Waals surface area (Å²) in [4.78, 5) is 31.7. The van der Waals surface area contributed by atoms with Crippen molar-refractivity contribution in [1.29, 1.82) is 0 Å². The van der Waals surface area contributed by atoms with Crippen molar-refractivity contribution < 1.29 is 14.7 Å². The van der Waals surface area contributed by atoms with Crippen LogP contribution in [0.5, 0.6) is 0 Å². The number of rotatable bonds is 4. The summed E-state index contributed by atoms with van der Waals surface area (Å²) in [6, 6.07) is 2.83. The Kier molecular flexibility index (Phi) is 3.86. The van der Waals surface area contributed by atoms with Crippen LogP contribution in [-0.2, 0) is 6.54 Å². The number of thiazole rings is 1. The van der Waals surface area contributed by atoms with Crippen LogP contribution in [0.3, 0.4) is 0 Å². The van der Waals surface area contributed by atoms with Gasteiger partial charge in [-0.1, -0.05) is 0 Å². The second kappa shape index (κ2) is 5.57. The molecule has 2 heterocycles. The van der Waals surface area contributed by atoms with Gasteiger partial charge in [0.15, 0.2) is 0 Å². The number of aryl methyl sites for hydroxylation is 1. The van der Waals surface area contributed by atoms with E-state index < -0.39 is 11.9 Å². The number of aromatic carboxylic acids is 1. The summed E-state index contributed by atoms with van der Waals surface area (Å²) in [7, 11) is 0. The molecule has 0 radical (unpaired) electrons. The topological polar surface area (TPSA) is 92.2 Å². The van der Waals surface area contributed by atoms with Gasteiger partial charge >= 0.3 is 5.97 Å². The Hall–Kier alpha value is -2.28. The lowest BCUT2D eigenvalue weighted by Gasteiger charge is -2.05. The van der Waals surface area contributed by atoms with E-state index >= 15 is 0 Å². The molecule has 98 valence electrons. The van der Waals surface area contributed by atoms with Gasteiger partial charge in [-0.25, -0.2) is 9.78 Å². The standard InChI is InChI=1S/C12H11N3O3S/c1-7-14-5-8(19-7)6-15-11(16)10-9(12(17)18)3-2-4-13-10/h2-5H,6H2,1H3,(H,15,16)(H,17,18). The Balaban J connectivity index is 2.10. The van der Waals surface area contributed by atoms with Crippen molar-refractivity contribution in [2.75, 3.05) is 0 Å². The van der Waals surface area contributed by atoms with Crippen molar-refractivity contribution >= 4 is 23.2 Å². The molecule has 1 amide bonds. The molecule has 0 saturated heterocycles. The lowest BCUT2D eigenvalue weighted by molar-refractivity contribution is 0.0690. The molecule has 7 heteroatoms. The minimum atomic E-state index is -1.17. The highest BCUT2D eigenvalue weighted by molar-refractivity contribution is 7.11. The van der Waals surface area contributed by atoms with E-state index in [9.17, 15) is 9.59 Å². The van der Waals surface area contributed by atoms with Crippen LogP contribution in [0.2, 0.25) is 0 Å². The predicted octanol–water partition coefficient (Wildman–Crippen LogP) is 1.47. The van der Waals surface area contributed by atoms with Crippen LogP contribution in [0.25, 0.3) is 0 Å². The lowest BCUT2D eigenvalue weighted by atomic mass is 10.2. The Morgan fingerprint density at radius 2 is 2.21 bits per heavy atom. The first kappa shape index (κ1) is 13.2. The monoisotopic (exact) mass is 277 g/mol. The summed E-state index contributed by atoms with van der Waals surface area (Å²) in [6.45, 7) is 2.18. The molecule has 2 aromatic heterocycles. The van der Waals surface area contributed by atoms with Gasteiger partial charge in [0, 0.05) is 17.3 Å². The molecule has 0 aliphatic heterocycles. The number of carboxylic acids is 1. The normalized spacial score (nSPS) is 10.2. The smallest absolute Gasteiger partial charge is 0.338 e. The summed E-state index contributed by atoms with van der Waals surface area (Å²) in [5, 5.41) is 12.5. The second-order valence-electron chi connectivity index (χ2n) is 3.73.